The van der Waals surface area contributed by atoms with Gasteiger partial charge in [-0.15, -0.1) is 0 Å². The molecule has 0 atom stereocenters. The first-order chi connectivity index (χ1) is 8.13. The zero-order valence-electron chi connectivity index (χ0n) is 9.46. The molecular formula is C10H14Cl2N4O. The average Bonchev–Trinajstić information content (AvgIpc) is 2.31. The van der Waals surface area contributed by atoms with E-state index in [4.69, 9.17) is 23.2 Å². The van der Waals surface area contributed by atoms with Gasteiger partial charge in [0.1, 0.15) is 10.8 Å². The molecule has 1 aromatic heterocycles. The van der Waals surface area contributed by atoms with E-state index < -0.39 is 0 Å². The molecule has 0 radical (unpaired) electrons. The van der Waals surface area contributed by atoms with E-state index in [0.717, 1.165) is 6.42 Å². The smallest absolute Gasteiger partial charge is 0.224 e. The van der Waals surface area contributed by atoms with Crippen molar-refractivity contribution < 1.29 is 4.79 Å². The number of aromatic nitrogens is 2. The van der Waals surface area contributed by atoms with E-state index in [1.807, 2.05) is 6.92 Å². The Morgan fingerprint density at radius 3 is 2.88 bits per heavy atom. The second-order valence-corrected chi connectivity index (χ2v) is 4.11. The first-order valence-corrected chi connectivity index (χ1v) is 6.07. The molecule has 1 amide bonds. The van der Waals surface area contributed by atoms with E-state index in [9.17, 15) is 4.79 Å². The number of hydrogen-bond donors (Lipinski definition) is 2. The summed E-state index contributed by atoms with van der Waals surface area (Å²) in [6, 6.07) is 0. The Kier molecular flexibility index (Phi) is 6.00. The van der Waals surface area contributed by atoms with Gasteiger partial charge in [-0.25, -0.2) is 4.98 Å². The SMILES string of the molecule is CCCNC(=O)CCNc1nc(Cl)ncc1Cl. The number of nitrogens with one attached hydrogen (secondary N) is 2. The zero-order chi connectivity index (χ0) is 12.7. The molecule has 7 heteroatoms. The van der Waals surface area contributed by atoms with Gasteiger partial charge in [0.15, 0.2) is 0 Å². The summed E-state index contributed by atoms with van der Waals surface area (Å²) < 4.78 is 0. The van der Waals surface area contributed by atoms with E-state index in [2.05, 4.69) is 20.6 Å². The van der Waals surface area contributed by atoms with Gasteiger partial charge in [-0.05, 0) is 18.0 Å². The highest BCUT2D eigenvalue weighted by atomic mass is 35.5. The van der Waals surface area contributed by atoms with Gasteiger partial charge in [-0.2, -0.15) is 4.98 Å². The summed E-state index contributed by atoms with van der Waals surface area (Å²) in [5.41, 5.74) is 0. The van der Waals surface area contributed by atoms with Gasteiger partial charge in [0.2, 0.25) is 11.2 Å². The minimum absolute atomic E-state index is 0.00405. The molecule has 0 aliphatic carbocycles. The van der Waals surface area contributed by atoms with Crippen LogP contribution >= 0.6 is 23.2 Å². The van der Waals surface area contributed by atoms with Crippen LogP contribution in [0.1, 0.15) is 19.8 Å². The number of hydrogen-bond acceptors (Lipinski definition) is 4. The van der Waals surface area contributed by atoms with Gasteiger partial charge in [-0.1, -0.05) is 18.5 Å². The van der Waals surface area contributed by atoms with Crippen molar-refractivity contribution in [2.24, 2.45) is 0 Å². The molecule has 5 nitrogen and oxygen atoms in total. The predicted molar refractivity (Wildman–Crippen MR) is 68.5 cm³/mol. The third-order valence-corrected chi connectivity index (χ3v) is 2.39. The van der Waals surface area contributed by atoms with Gasteiger partial charge < -0.3 is 10.6 Å². The van der Waals surface area contributed by atoms with E-state index in [-0.39, 0.29) is 11.2 Å². The van der Waals surface area contributed by atoms with Crippen LogP contribution in [0.15, 0.2) is 6.20 Å². The Morgan fingerprint density at radius 2 is 2.18 bits per heavy atom. The summed E-state index contributed by atoms with van der Waals surface area (Å²) in [5, 5.41) is 6.20. The van der Waals surface area contributed by atoms with E-state index in [0.29, 0.717) is 30.4 Å². The van der Waals surface area contributed by atoms with Crippen LogP contribution in [0.25, 0.3) is 0 Å². The van der Waals surface area contributed by atoms with Gasteiger partial charge in [-0.3, -0.25) is 4.79 Å². The molecule has 0 bridgehead atoms. The molecule has 94 valence electrons. The van der Waals surface area contributed by atoms with Crippen molar-refractivity contribution >= 4 is 34.9 Å². The highest BCUT2D eigenvalue weighted by molar-refractivity contribution is 6.33. The lowest BCUT2D eigenvalue weighted by Crippen LogP contribution is -2.26. The molecule has 17 heavy (non-hydrogen) atoms. The van der Waals surface area contributed by atoms with E-state index >= 15 is 0 Å². The third kappa shape index (κ3) is 5.19. The number of carbonyl (C=O) groups is 1. The molecule has 0 unspecified atom stereocenters. The van der Waals surface area contributed by atoms with Crippen molar-refractivity contribution in [2.45, 2.75) is 19.8 Å². The molecule has 1 rings (SSSR count). The van der Waals surface area contributed by atoms with Crippen LogP contribution in [-0.4, -0.2) is 29.0 Å². The Hall–Kier alpha value is -1.07. The van der Waals surface area contributed by atoms with Crippen molar-refractivity contribution in [2.75, 3.05) is 18.4 Å². The van der Waals surface area contributed by atoms with Crippen molar-refractivity contribution in [3.8, 4) is 0 Å². The summed E-state index contributed by atoms with van der Waals surface area (Å²) in [4.78, 5) is 18.9. The minimum atomic E-state index is -0.00405. The predicted octanol–water partition coefficient (Wildman–Crippen LogP) is 2.11. The third-order valence-electron chi connectivity index (χ3n) is 1.93. The Labute approximate surface area is 110 Å². The van der Waals surface area contributed by atoms with E-state index in [1.165, 1.54) is 6.20 Å². The molecule has 0 saturated heterocycles. The van der Waals surface area contributed by atoms with Crippen LogP contribution in [0.2, 0.25) is 10.3 Å². The van der Waals surface area contributed by atoms with Gasteiger partial charge in [0.25, 0.3) is 0 Å². The highest BCUT2D eigenvalue weighted by Crippen LogP contribution is 2.18. The van der Waals surface area contributed by atoms with Gasteiger partial charge in [0.05, 0.1) is 6.20 Å². The monoisotopic (exact) mass is 276 g/mol. The number of anilines is 1. The lowest BCUT2D eigenvalue weighted by molar-refractivity contribution is -0.120. The fourth-order valence-corrected chi connectivity index (χ4v) is 1.41. The maximum absolute atomic E-state index is 11.3. The molecular weight excluding hydrogens is 263 g/mol. The summed E-state index contributed by atoms with van der Waals surface area (Å²) in [6.45, 7) is 3.14. The maximum Gasteiger partial charge on any atom is 0.224 e. The molecule has 0 fully saturated rings. The second-order valence-electron chi connectivity index (χ2n) is 3.36. The number of nitrogens with zero attached hydrogens (tertiary/aromatic N) is 2. The van der Waals surface area contributed by atoms with E-state index in [1.54, 1.807) is 0 Å². The van der Waals surface area contributed by atoms with Crippen molar-refractivity contribution in [3.63, 3.8) is 0 Å². The summed E-state index contributed by atoms with van der Waals surface area (Å²) in [5.74, 6) is 0.436. The van der Waals surface area contributed by atoms with Crippen molar-refractivity contribution in [3.05, 3.63) is 16.5 Å². The van der Waals surface area contributed by atoms with Crippen LogP contribution in [0.4, 0.5) is 5.82 Å². The fourth-order valence-electron chi connectivity index (χ4n) is 1.12. The second kappa shape index (κ2) is 7.29. The molecule has 0 aliphatic heterocycles. The normalized spacial score (nSPS) is 10.1. The Bertz CT molecular complexity index is 387. The Morgan fingerprint density at radius 1 is 1.41 bits per heavy atom. The zero-order valence-corrected chi connectivity index (χ0v) is 11.0. The molecule has 1 heterocycles. The largest absolute Gasteiger partial charge is 0.368 e. The quantitative estimate of drug-likeness (QED) is 0.781. The topological polar surface area (TPSA) is 66.9 Å². The van der Waals surface area contributed by atoms with Crippen molar-refractivity contribution in [1.29, 1.82) is 0 Å². The lowest BCUT2D eigenvalue weighted by atomic mass is 10.3. The Balaban J connectivity index is 2.35. The fraction of sp³-hybridized carbons (Fsp3) is 0.500. The highest BCUT2D eigenvalue weighted by Gasteiger charge is 2.05. The first kappa shape index (κ1) is 14.0. The van der Waals surface area contributed by atoms with Crippen LogP contribution in [-0.2, 0) is 4.79 Å². The molecule has 1 aromatic rings. The minimum Gasteiger partial charge on any atom is -0.368 e. The van der Waals surface area contributed by atoms with Crippen LogP contribution in [0.3, 0.4) is 0 Å². The average molecular weight is 277 g/mol. The van der Waals surface area contributed by atoms with Gasteiger partial charge >= 0.3 is 0 Å². The number of halogens is 2. The van der Waals surface area contributed by atoms with Crippen LogP contribution in [0.5, 0.6) is 0 Å². The number of carbonyl (C=O) groups excluding carboxylic acids is 1. The van der Waals surface area contributed by atoms with Crippen molar-refractivity contribution in [1.82, 2.24) is 15.3 Å². The maximum atomic E-state index is 11.3. The number of amides is 1. The summed E-state index contributed by atoms with van der Waals surface area (Å²) in [6.07, 6.45) is 2.70. The van der Waals surface area contributed by atoms with Crippen LogP contribution in [0, 0.1) is 0 Å². The molecule has 2 N–H and O–H groups in total. The first-order valence-electron chi connectivity index (χ1n) is 5.32. The molecule has 0 aliphatic rings. The molecule has 0 aromatic carbocycles. The lowest BCUT2D eigenvalue weighted by Gasteiger charge is -2.07. The molecule has 0 saturated carbocycles. The summed E-state index contributed by atoms with van der Waals surface area (Å²) >= 11 is 11.5. The van der Waals surface area contributed by atoms with Gasteiger partial charge in [0, 0.05) is 19.5 Å². The standard InChI is InChI=1S/C10H14Cl2N4O/c1-2-4-13-8(17)3-5-14-9-7(11)6-15-10(12)16-9/h6H,2-5H2,1H3,(H,13,17)(H,14,15,16). The molecule has 0 spiro atoms. The number of rotatable bonds is 6. The summed E-state index contributed by atoms with van der Waals surface area (Å²) in [7, 11) is 0. The van der Waals surface area contributed by atoms with Crippen LogP contribution < -0.4 is 10.6 Å².